The number of pyridine rings is 1. The van der Waals surface area contributed by atoms with Crippen LogP contribution in [0.4, 0.5) is 5.69 Å². The first-order valence-electron chi connectivity index (χ1n) is 7.73. The molecular weight excluding hydrogens is 374 g/mol. The number of amides is 1. The highest BCUT2D eigenvalue weighted by molar-refractivity contribution is 7.89. The lowest BCUT2D eigenvalue weighted by Gasteiger charge is -2.17. The van der Waals surface area contributed by atoms with Gasteiger partial charge < -0.3 is 5.32 Å². The summed E-state index contributed by atoms with van der Waals surface area (Å²) in [5.41, 5.74) is 0.872. The lowest BCUT2D eigenvalue weighted by molar-refractivity contribution is -0.116. The Morgan fingerprint density at radius 3 is 2.65 bits per heavy atom. The average Bonchev–Trinajstić information content (AvgIpc) is 2.61. The molecule has 0 aliphatic carbocycles. The van der Waals surface area contributed by atoms with Gasteiger partial charge in [0.25, 0.3) is 0 Å². The van der Waals surface area contributed by atoms with Crippen molar-refractivity contribution in [2.75, 3.05) is 18.9 Å². The molecule has 1 heterocycles. The quantitative estimate of drug-likeness (QED) is 0.727. The molecule has 0 atom stereocenters. The molecule has 0 aliphatic heterocycles. The number of benzene rings is 2. The van der Waals surface area contributed by atoms with Gasteiger partial charge in [0, 0.05) is 29.3 Å². The number of likely N-dealkylation sites (N-methyl/N-ethyl adjacent to an activating group) is 1. The molecule has 134 valence electrons. The highest BCUT2D eigenvalue weighted by atomic mass is 35.5. The summed E-state index contributed by atoms with van der Waals surface area (Å²) in [5, 5.41) is 3.82. The summed E-state index contributed by atoms with van der Waals surface area (Å²) in [7, 11) is -2.52. The third-order valence-electron chi connectivity index (χ3n) is 3.76. The van der Waals surface area contributed by atoms with E-state index in [4.69, 9.17) is 11.6 Å². The van der Waals surface area contributed by atoms with Crippen LogP contribution in [0.25, 0.3) is 10.9 Å². The standard InChI is InChI=1S/C18H16ClN3O3S/c1-22(12-17(23)21-15-8-3-7-14(19)11-15)26(24,25)16-9-2-5-13-6-4-10-20-18(13)16/h2-11H,12H2,1H3,(H,21,23). The lowest BCUT2D eigenvalue weighted by atomic mass is 10.2. The molecule has 0 aliphatic rings. The molecule has 3 aromatic rings. The van der Waals surface area contributed by atoms with E-state index in [1.165, 1.54) is 19.3 Å². The van der Waals surface area contributed by atoms with Crippen molar-refractivity contribution < 1.29 is 13.2 Å². The maximum Gasteiger partial charge on any atom is 0.245 e. The topological polar surface area (TPSA) is 79.4 Å². The summed E-state index contributed by atoms with van der Waals surface area (Å²) in [6.07, 6.45) is 1.53. The van der Waals surface area contributed by atoms with Gasteiger partial charge >= 0.3 is 0 Å². The number of para-hydroxylation sites is 1. The van der Waals surface area contributed by atoms with Gasteiger partial charge in [-0.2, -0.15) is 4.31 Å². The van der Waals surface area contributed by atoms with Crippen LogP contribution in [-0.2, 0) is 14.8 Å². The van der Waals surface area contributed by atoms with E-state index < -0.39 is 15.9 Å². The lowest BCUT2D eigenvalue weighted by Crippen LogP contribution is -2.35. The molecule has 26 heavy (non-hydrogen) atoms. The zero-order valence-electron chi connectivity index (χ0n) is 13.9. The van der Waals surface area contributed by atoms with E-state index >= 15 is 0 Å². The number of nitrogens with zero attached hydrogens (tertiary/aromatic N) is 2. The summed E-state index contributed by atoms with van der Waals surface area (Å²) in [4.78, 5) is 16.4. The summed E-state index contributed by atoms with van der Waals surface area (Å²) in [6.45, 7) is -0.335. The fourth-order valence-electron chi connectivity index (χ4n) is 2.51. The second-order valence-electron chi connectivity index (χ2n) is 5.65. The van der Waals surface area contributed by atoms with Crippen LogP contribution in [-0.4, -0.2) is 37.2 Å². The van der Waals surface area contributed by atoms with Crippen molar-refractivity contribution in [2.24, 2.45) is 0 Å². The molecule has 0 unspecified atom stereocenters. The summed E-state index contributed by atoms with van der Waals surface area (Å²) in [6, 6.07) is 15.1. The van der Waals surface area contributed by atoms with Gasteiger partial charge in [-0.25, -0.2) is 8.42 Å². The molecule has 6 nitrogen and oxygen atoms in total. The third-order valence-corrected chi connectivity index (χ3v) is 5.83. The van der Waals surface area contributed by atoms with Crippen molar-refractivity contribution in [1.29, 1.82) is 0 Å². The molecule has 0 saturated heterocycles. The second kappa shape index (κ2) is 7.41. The minimum Gasteiger partial charge on any atom is -0.325 e. The minimum absolute atomic E-state index is 0.0636. The molecule has 1 N–H and O–H groups in total. The molecule has 0 radical (unpaired) electrons. The fraction of sp³-hybridized carbons (Fsp3) is 0.111. The van der Waals surface area contributed by atoms with E-state index in [0.717, 1.165) is 4.31 Å². The van der Waals surface area contributed by atoms with E-state index in [9.17, 15) is 13.2 Å². The monoisotopic (exact) mass is 389 g/mol. The maximum atomic E-state index is 12.9. The van der Waals surface area contributed by atoms with Crippen molar-refractivity contribution in [2.45, 2.75) is 4.90 Å². The second-order valence-corrected chi connectivity index (χ2v) is 8.10. The average molecular weight is 390 g/mol. The Morgan fingerprint density at radius 2 is 1.88 bits per heavy atom. The van der Waals surface area contributed by atoms with Crippen LogP contribution in [0.1, 0.15) is 0 Å². The van der Waals surface area contributed by atoms with Crippen LogP contribution in [0.2, 0.25) is 5.02 Å². The van der Waals surface area contributed by atoms with Crippen LogP contribution < -0.4 is 5.32 Å². The fourth-order valence-corrected chi connectivity index (χ4v) is 3.98. The van der Waals surface area contributed by atoms with Crippen LogP contribution >= 0.6 is 11.6 Å². The third kappa shape index (κ3) is 3.85. The number of sulfonamides is 1. The largest absolute Gasteiger partial charge is 0.325 e. The Balaban J connectivity index is 1.81. The number of fused-ring (bicyclic) bond motifs is 1. The predicted molar refractivity (Wildman–Crippen MR) is 102 cm³/mol. The molecule has 0 bridgehead atoms. The molecule has 8 heteroatoms. The van der Waals surface area contributed by atoms with Gasteiger partial charge in [0.2, 0.25) is 15.9 Å². The molecular formula is C18H16ClN3O3S. The van der Waals surface area contributed by atoms with Gasteiger partial charge in [-0.15, -0.1) is 0 Å². The minimum atomic E-state index is -3.88. The number of halogens is 1. The number of anilines is 1. The van der Waals surface area contributed by atoms with E-state index in [1.807, 2.05) is 0 Å². The Bertz CT molecular complexity index is 1060. The zero-order valence-corrected chi connectivity index (χ0v) is 15.5. The Kier molecular flexibility index (Phi) is 5.22. The molecule has 0 spiro atoms. The summed E-state index contributed by atoms with van der Waals surface area (Å²) < 4.78 is 26.7. The van der Waals surface area contributed by atoms with Crippen molar-refractivity contribution in [3.8, 4) is 0 Å². The number of carbonyl (C=O) groups is 1. The van der Waals surface area contributed by atoms with Crippen molar-refractivity contribution in [1.82, 2.24) is 9.29 Å². The highest BCUT2D eigenvalue weighted by Gasteiger charge is 2.25. The number of rotatable bonds is 5. The van der Waals surface area contributed by atoms with Crippen LogP contribution in [0, 0.1) is 0 Å². The first kappa shape index (κ1) is 18.3. The Labute approximate surface area is 156 Å². The highest BCUT2D eigenvalue weighted by Crippen LogP contribution is 2.23. The van der Waals surface area contributed by atoms with Gasteiger partial charge in [-0.3, -0.25) is 9.78 Å². The zero-order chi connectivity index (χ0) is 18.7. The molecule has 3 rings (SSSR count). The van der Waals surface area contributed by atoms with Crippen molar-refractivity contribution >= 4 is 44.1 Å². The maximum absolute atomic E-state index is 12.9. The Hall–Kier alpha value is -2.48. The van der Waals surface area contributed by atoms with Crippen molar-refractivity contribution in [3.63, 3.8) is 0 Å². The van der Waals surface area contributed by atoms with E-state index in [2.05, 4.69) is 10.3 Å². The van der Waals surface area contributed by atoms with Gasteiger partial charge in [-0.05, 0) is 30.3 Å². The van der Waals surface area contributed by atoms with Gasteiger partial charge in [0.05, 0.1) is 12.1 Å². The molecule has 0 fully saturated rings. The number of carbonyl (C=O) groups excluding carboxylic acids is 1. The molecule has 1 amide bonds. The first-order chi connectivity index (χ1) is 12.4. The first-order valence-corrected chi connectivity index (χ1v) is 9.55. The van der Waals surface area contributed by atoms with Gasteiger partial charge in [0.1, 0.15) is 4.90 Å². The smallest absolute Gasteiger partial charge is 0.245 e. The SMILES string of the molecule is CN(CC(=O)Nc1cccc(Cl)c1)S(=O)(=O)c1cccc2cccnc12. The van der Waals surface area contributed by atoms with E-state index in [-0.39, 0.29) is 11.4 Å². The number of hydrogen-bond acceptors (Lipinski definition) is 4. The van der Waals surface area contributed by atoms with Crippen LogP contribution in [0.5, 0.6) is 0 Å². The van der Waals surface area contributed by atoms with Crippen molar-refractivity contribution in [3.05, 3.63) is 65.8 Å². The van der Waals surface area contributed by atoms with Crippen LogP contribution in [0.3, 0.4) is 0 Å². The Morgan fingerprint density at radius 1 is 1.15 bits per heavy atom. The summed E-state index contributed by atoms with van der Waals surface area (Å²) >= 11 is 5.88. The van der Waals surface area contributed by atoms with E-state index in [0.29, 0.717) is 21.6 Å². The van der Waals surface area contributed by atoms with Gasteiger partial charge in [-0.1, -0.05) is 35.9 Å². The van der Waals surface area contributed by atoms with E-state index in [1.54, 1.807) is 48.5 Å². The number of nitrogens with one attached hydrogen (secondary N) is 1. The predicted octanol–water partition coefficient (Wildman–Crippen LogP) is 3.15. The summed E-state index contributed by atoms with van der Waals surface area (Å²) in [5.74, 6) is -0.466. The van der Waals surface area contributed by atoms with Gasteiger partial charge in [0.15, 0.2) is 0 Å². The molecule has 2 aromatic carbocycles. The molecule has 1 aromatic heterocycles. The number of aromatic nitrogens is 1. The number of hydrogen-bond donors (Lipinski definition) is 1. The van der Waals surface area contributed by atoms with Crippen LogP contribution in [0.15, 0.2) is 65.7 Å². The normalized spacial score (nSPS) is 11.7. The molecule has 0 saturated carbocycles.